The Morgan fingerprint density at radius 2 is 2.57 bits per heavy atom. The van der Waals surface area contributed by atoms with Crippen molar-refractivity contribution < 1.29 is 0 Å². The normalized spacial score (nSPS) is 10.4. The lowest BCUT2D eigenvalue weighted by atomic mass is 10.5. The molecule has 0 fully saturated rings. The van der Waals surface area contributed by atoms with Crippen LogP contribution in [-0.2, 0) is 13.6 Å². The number of aromatic nitrogens is 3. The highest BCUT2D eigenvalue weighted by molar-refractivity contribution is 7.07. The average Bonchev–Trinajstić information content (AvgIpc) is 2.72. The number of hydrogen-bond donors (Lipinski definition) is 2. The molecule has 2 rings (SSSR count). The molecule has 6 heteroatoms. The number of thiazole rings is 1. The largest absolute Gasteiger partial charge is 0.350 e. The summed E-state index contributed by atoms with van der Waals surface area (Å²) in [5.41, 5.74) is 0.878. The van der Waals surface area contributed by atoms with Crippen LogP contribution in [0.4, 0.5) is 5.95 Å². The molecule has 2 heterocycles. The third-order valence-electron chi connectivity index (χ3n) is 1.83. The van der Waals surface area contributed by atoms with E-state index in [2.05, 4.69) is 15.3 Å². The predicted molar refractivity (Wildman–Crippen MR) is 55.5 cm³/mol. The molecular formula is C8H10N4OS. The Morgan fingerprint density at radius 3 is 3.14 bits per heavy atom. The Kier molecular flexibility index (Phi) is 2.36. The van der Waals surface area contributed by atoms with Gasteiger partial charge in [-0.15, -0.1) is 0 Å². The third-order valence-corrected chi connectivity index (χ3v) is 2.55. The molecular weight excluding hydrogens is 200 g/mol. The fourth-order valence-electron chi connectivity index (χ4n) is 1.11. The van der Waals surface area contributed by atoms with E-state index in [1.807, 2.05) is 17.8 Å². The zero-order valence-electron chi connectivity index (χ0n) is 7.65. The van der Waals surface area contributed by atoms with Crippen LogP contribution in [0.5, 0.6) is 0 Å². The first kappa shape index (κ1) is 9.01. The molecule has 0 unspecified atom stereocenters. The van der Waals surface area contributed by atoms with Crippen molar-refractivity contribution in [2.75, 3.05) is 5.32 Å². The summed E-state index contributed by atoms with van der Waals surface area (Å²) >= 11 is 1.17. The van der Waals surface area contributed by atoms with Crippen molar-refractivity contribution in [3.63, 3.8) is 0 Å². The van der Waals surface area contributed by atoms with Crippen LogP contribution in [0.15, 0.2) is 22.6 Å². The van der Waals surface area contributed by atoms with Crippen molar-refractivity contribution in [1.29, 1.82) is 0 Å². The first-order valence-corrected chi connectivity index (χ1v) is 5.01. The van der Waals surface area contributed by atoms with Gasteiger partial charge in [-0.3, -0.25) is 4.79 Å². The molecule has 2 aromatic heterocycles. The summed E-state index contributed by atoms with van der Waals surface area (Å²) < 4.78 is 1.88. The van der Waals surface area contributed by atoms with Crippen molar-refractivity contribution in [1.82, 2.24) is 14.5 Å². The van der Waals surface area contributed by atoms with Gasteiger partial charge in [0.2, 0.25) is 5.95 Å². The highest BCUT2D eigenvalue weighted by Gasteiger charge is 1.99. The van der Waals surface area contributed by atoms with Crippen LogP contribution in [-0.4, -0.2) is 14.5 Å². The summed E-state index contributed by atoms with van der Waals surface area (Å²) in [5, 5.41) is 4.91. The van der Waals surface area contributed by atoms with Crippen molar-refractivity contribution in [3.8, 4) is 0 Å². The summed E-state index contributed by atoms with van der Waals surface area (Å²) in [6.45, 7) is 0.587. The van der Waals surface area contributed by atoms with E-state index in [-0.39, 0.29) is 4.87 Å². The fourth-order valence-corrected chi connectivity index (χ4v) is 1.69. The molecule has 2 N–H and O–H groups in total. The monoisotopic (exact) mass is 210 g/mol. The maximum absolute atomic E-state index is 10.8. The van der Waals surface area contributed by atoms with E-state index in [0.717, 1.165) is 11.6 Å². The van der Waals surface area contributed by atoms with E-state index in [1.54, 1.807) is 11.6 Å². The van der Waals surface area contributed by atoms with E-state index in [4.69, 9.17) is 0 Å². The van der Waals surface area contributed by atoms with Gasteiger partial charge in [0, 0.05) is 30.5 Å². The number of nitrogens with one attached hydrogen (secondary N) is 2. The van der Waals surface area contributed by atoms with Crippen LogP contribution in [0.3, 0.4) is 0 Å². The second kappa shape index (κ2) is 3.67. The standard InChI is InChI=1S/C8H10N4OS/c1-12-3-2-9-7(12)10-4-6-5-14-8(13)11-6/h2-3,5H,4H2,1H3,(H,9,10)(H,11,13). The highest BCUT2D eigenvalue weighted by atomic mass is 32.1. The minimum atomic E-state index is -0.0263. The number of aromatic amines is 1. The Bertz CT molecular complexity index is 469. The van der Waals surface area contributed by atoms with E-state index in [9.17, 15) is 4.79 Å². The van der Waals surface area contributed by atoms with Gasteiger partial charge in [-0.05, 0) is 0 Å². The van der Waals surface area contributed by atoms with Crippen LogP contribution < -0.4 is 10.2 Å². The van der Waals surface area contributed by atoms with Crippen molar-refractivity contribution in [2.45, 2.75) is 6.54 Å². The molecule has 0 aliphatic heterocycles. The van der Waals surface area contributed by atoms with Gasteiger partial charge >= 0.3 is 4.87 Å². The lowest BCUT2D eigenvalue weighted by Gasteiger charge is -2.03. The highest BCUT2D eigenvalue weighted by Crippen LogP contribution is 2.03. The van der Waals surface area contributed by atoms with E-state index >= 15 is 0 Å². The first-order valence-electron chi connectivity index (χ1n) is 4.13. The van der Waals surface area contributed by atoms with Gasteiger partial charge in [-0.25, -0.2) is 4.98 Å². The number of anilines is 1. The van der Waals surface area contributed by atoms with Gasteiger partial charge in [0.05, 0.1) is 6.54 Å². The Hall–Kier alpha value is -1.56. The Labute approximate surface area is 84.4 Å². The summed E-state index contributed by atoms with van der Waals surface area (Å²) in [6.07, 6.45) is 3.58. The number of aryl methyl sites for hydroxylation is 1. The lowest BCUT2D eigenvalue weighted by Crippen LogP contribution is -2.06. The summed E-state index contributed by atoms with van der Waals surface area (Å²) in [5.74, 6) is 0.789. The maximum atomic E-state index is 10.8. The van der Waals surface area contributed by atoms with Gasteiger partial charge < -0.3 is 14.9 Å². The molecule has 0 amide bonds. The van der Waals surface area contributed by atoms with Crippen molar-refractivity contribution in [2.24, 2.45) is 7.05 Å². The Morgan fingerprint density at radius 1 is 1.71 bits per heavy atom. The number of nitrogens with zero attached hydrogens (tertiary/aromatic N) is 2. The SMILES string of the molecule is Cn1ccnc1NCc1csc(=O)[nH]1. The molecule has 0 aliphatic carbocycles. The predicted octanol–water partition coefficient (Wildman–Crippen LogP) is 0.782. The molecule has 0 bridgehead atoms. The molecule has 0 spiro atoms. The maximum Gasteiger partial charge on any atom is 0.304 e. The van der Waals surface area contributed by atoms with Crippen LogP contribution in [0.2, 0.25) is 0 Å². The van der Waals surface area contributed by atoms with Crippen LogP contribution >= 0.6 is 11.3 Å². The summed E-state index contributed by atoms with van der Waals surface area (Å²) in [6, 6.07) is 0. The minimum Gasteiger partial charge on any atom is -0.350 e. The van der Waals surface area contributed by atoms with Crippen molar-refractivity contribution in [3.05, 3.63) is 33.1 Å². The molecule has 0 aromatic carbocycles. The molecule has 14 heavy (non-hydrogen) atoms. The molecule has 0 atom stereocenters. The van der Waals surface area contributed by atoms with Gasteiger partial charge in [0.15, 0.2) is 0 Å². The number of rotatable bonds is 3. The van der Waals surface area contributed by atoms with E-state index in [0.29, 0.717) is 6.54 Å². The van der Waals surface area contributed by atoms with Gasteiger partial charge in [0.1, 0.15) is 0 Å². The smallest absolute Gasteiger partial charge is 0.304 e. The first-order chi connectivity index (χ1) is 6.75. The minimum absolute atomic E-state index is 0.0263. The van der Waals surface area contributed by atoms with Gasteiger partial charge in [-0.1, -0.05) is 11.3 Å². The van der Waals surface area contributed by atoms with E-state index < -0.39 is 0 Å². The molecule has 0 saturated carbocycles. The quantitative estimate of drug-likeness (QED) is 0.787. The zero-order valence-corrected chi connectivity index (χ0v) is 8.47. The molecule has 0 aliphatic rings. The van der Waals surface area contributed by atoms with Crippen molar-refractivity contribution >= 4 is 17.3 Å². The molecule has 74 valence electrons. The molecule has 0 radical (unpaired) electrons. The molecule has 2 aromatic rings. The lowest BCUT2D eigenvalue weighted by molar-refractivity contribution is 0.893. The molecule has 0 saturated heterocycles. The summed E-state index contributed by atoms with van der Waals surface area (Å²) in [4.78, 5) is 17.6. The number of hydrogen-bond acceptors (Lipinski definition) is 4. The molecule has 5 nitrogen and oxygen atoms in total. The zero-order chi connectivity index (χ0) is 9.97. The number of H-pyrrole nitrogens is 1. The third kappa shape index (κ3) is 1.85. The van der Waals surface area contributed by atoms with Crippen LogP contribution in [0, 0.1) is 0 Å². The van der Waals surface area contributed by atoms with Gasteiger partial charge in [0.25, 0.3) is 0 Å². The van der Waals surface area contributed by atoms with E-state index in [1.165, 1.54) is 11.3 Å². The summed E-state index contributed by atoms with van der Waals surface area (Å²) in [7, 11) is 1.91. The Balaban J connectivity index is 2.01. The number of imidazole rings is 1. The topological polar surface area (TPSA) is 62.7 Å². The average molecular weight is 210 g/mol. The second-order valence-electron chi connectivity index (χ2n) is 2.89. The van der Waals surface area contributed by atoms with Crippen LogP contribution in [0.1, 0.15) is 5.69 Å². The van der Waals surface area contributed by atoms with Crippen LogP contribution in [0.25, 0.3) is 0 Å². The fraction of sp³-hybridized carbons (Fsp3) is 0.250. The van der Waals surface area contributed by atoms with Gasteiger partial charge in [-0.2, -0.15) is 0 Å². The second-order valence-corrected chi connectivity index (χ2v) is 3.73.